The fourth-order valence-electron chi connectivity index (χ4n) is 2.60. The standard InChI is InChI=1S/C14H19ClN2O3/c1-10-7-16(8-11(2)20-10)9-14(15)12-4-3-5-13(6-12)17(18)19/h3-6,10-11,14H,7-9H2,1-2H3. The maximum Gasteiger partial charge on any atom is 0.269 e. The molecule has 1 aliphatic heterocycles. The van der Waals surface area contributed by atoms with Crippen LogP contribution in [0.1, 0.15) is 24.8 Å². The number of nitro groups is 1. The molecule has 3 atom stereocenters. The summed E-state index contributed by atoms with van der Waals surface area (Å²) in [6, 6.07) is 6.53. The van der Waals surface area contributed by atoms with Gasteiger partial charge in [0.2, 0.25) is 0 Å². The van der Waals surface area contributed by atoms with Crippen molar-refractivity contribution in [3.63, 3.8) is 0 Å². The summed E-state index contributed by atoms with van der Waals surface area (Å²) < 4.78 is 5.68. The van der Waals surface area contributed by atoms with E-state index in [9.17, 15) is 10.1 Å². The summed E-state index contributed by atoms with van der Waals surface area (Å²) in [5.74, 6) is 0. The van der Waals surface area contributed by atoms with Crippen molar-refractivity contribution in [3.8, 4) is 0 Å². The summed E-state index contributed by atoms with van der Waals surface area (Å²) >= 11 is 6.41. The first-order valence-corrected chi connectivity index (χ1v) is 7.15. The SMILES string of the molecule is CC1CN(CC(Cl)c2cccc([N+](=O)[O-])c2)CC(C)O1. The second kappa shape index (κ2) is 6.52. The van der Waals surface area contributed by atoms with E-state index >= 15 is 0 Å². The first-order chi connectivity index (χ1) is 9.45. The maximum absolute atomic E-state index is 10.8. The fourth-order valence-corrected chi connectivity index (χ4v) is 2.93. The van der Waals surface area contributed by atoms with Crippen molar-refractivity contribution in [3.05, 3.63) is 39.9 Å². The number of non-ortho nitro benzene ring substituents is 1. The lowest BCUT2D eigenvalue weighted by molar-refractivity contribution is -0.384. The van der Waals surface area contributed by atoms with E-state index in [4.69, 9.17) is 16.3 Å². The number of nitrogens with zero attached hydrogens (tertiary/aromatic N) is 2. The lowest BCUT2D eigenvalue weighted by atomic mass is 10.1. The highest BCUT2D eigenvalue weighted by Crippen LogP contribution is 2.26. The summed E-state index contributed by atoms with van der Waals surface area (Å²) in [5.41, 5.74) is 0.865. The molecule has 0 spiro atoms. The van der Waals surface area contributed by atoms with Gasteiger partial charge in [-0.15, -0.1) is 11.6 Å². The maximum atomic E-state index is 10.8. The number of ether oxygens (including phenoxy) is 1. The Hall–Kier alpha value is -1.17. The Morgan fingerprint density at radius 1 is 1.45 bits per heavy atom. The van der Waals surface area contributed by atoms with Crippen LogP contribution in [0.15, 0.2) is 24.3 Å². The number of morpholine rings is 1. The Kier molecular flexibility index (Phi) is 4.96. The molecule has 5 nitrogen and oxygen atoms in total. The monoisotopic (exact) mass is 298 g/mol. The van der Waals surface area contributed by atoms with Crippen molar-refractivity contribution in [1.29, 1.82) is 0 Å². The van der Waals surface area contributed by atoms with Gasteiger partial charge in [-0.2, -0.15) is 0 Å². The van der Waals surface area contributed by atoms with E-state index < -0.39 is 4.92 Å². The molecule has 0 bridgehead atoms. The zero-order chi connectivity index (χ0) is 14.7. The molecule has 1 heterocycles. The minimum absolute atomic E-state index is 0.0804. The number of nitro benzene ring substituents is 1. The highest BCUT2D eigenvalue weighted by atomic mass is 35.5. The Labute approximate surface area is 123 Å². The fraction of sp³-hybridized carbons (Fsp3) is 0.571. The van der Waals surface area contributed by atoms with Crippen LogP contribution in [0.3, 0.4) is 0 Å². The van der Waals surface area contributed by atoms with Crippen LogP contribution in [0.2, 0.25) is 0 Å². The van der Waals surface area contributed by atoms with Crippen molar-refractivity contribution < 1.29 is 9.66 Å². The second-order valence-electron chi connectivity index (χ2n) is 5.30. The summed E-state index contributed by atoms with van der Waals surface area (Å²) in [4.78, 5) is 12.6. The molecular formula is C14H19ClN2O3. The smallest absolute Gasteiger partial charge is 0.269 e. The van der Waals surface area contributed by atoms with Crippen LogP contribution >= 0.6 is 11.6 Å². The first kappa shape index (κ1) is 15.2. The topological polar surface area (TPSA) is 55.6 Å². The zero-order valence-corrected chi connectivity index (χ0v) is 12.4. The molecule has 0 saturated carbocycles. The van der Waals surface area contributed by atoms with Gasteiger partial charge in [0.25, 0.3) is 5.69 Å². The Morgan fingerprint density at radius 3 is 2.70 bits per heavy atom. The quantitative estimate of drug-likeness (QED) is 0.487. The summed E-state index contributed by atoms with van der Waals surface area (Å²) in [7, 11) is 0. The van der Waals surface area contributed by atoms with Gasteiger partial charge in [0, 0.05) is 31.8 Å². The van der Waals surface area contributed by atoms with Gasteiger partial charge in [0.15, 0.2) is 0 Å². The van der Waals surface area contributed by atoms with Gasteiger partial charge in [-0.1, -0.05) is 12.1 Å². The van der Waals surface area contributed by atoms with Gasteiger partial charge in [-0.25, -0.2) is 0 Å². The molecule has 1 aliphatic rings. The molecule has 1 aromatic carbocycles. The molecule has 110 valence electrons. The van der Waals surface area contributed by atoms with Crippen molar-refractivity contribution in [2.24, 2.45) is 0 Å². The van der Waals surface area contributed by atoms with Gasteiger partial charge in [-0.3, -0.25) is 15.0 Å². The van der Waals surface area contributed by atoms with Gasteiger partial charge in [0.05, 0.1) is 22.5 Å². The molecule has 0 aromatic heterocycles. The number of benzene rings is 1. The minimum Gasteiger partial charge on any atom is -0.373 e. The van der Waals surface area contributed by atoms with E-state index in [2.05, 4.69) is 4.90 Å². The van der Waals surface area contributed by atoms with Crippen LogP contribution < -0.4 is 0 Å². The van der Waals surface area contributed by atoms with Crippen molar-refractivity contribution in [1.82, 2.24) is 4.90 Å². The second-order valence-corrected chi connectivity index (χ2v) is 5.82. The third-order valence-electron chi connectivity index (χ3n) is 3.36. The number of hydrogen-bond donors (Lipinski definition) is 0. The number of rotatable bonds is 4. The molecule has 3 unspecified atom stereocenters. The van der Waals surface area contributed by atoms with E-state index in [0.717, 1.165) is 18.7 Å². The largest absolute Gasteiger partial charge is 0.373 e. The lowest BCUT2D eigenvalue weighted by Gasteiger charge is -2.36. The zero-order valence-electron chi connectivity index (χ0n) is 11.7. The van der Waals surface area contributed by atoms with E-state index in [1.54, 1.807) is 12.1 Å². The van der Waals surface area contributed by atoms with E-state index in [1.165, 1.54) is 6.07 Å². The van der Waals surface area contributed by atoms with E-state index in [0.29, 0.717) is 6.54 Å². The third-order valence-corrected chi connectivity index (χ3v) is 3.75. The number of hydrogen-bond acceptors (Lipinski definition) is 4. The van der Waals surface area contributed by atoms with Crippen LogP contribution in [-0.2, 0) is 4.74 Å². The van der Waals surface area contributed by atoms with Crippen molar-refractivity contribution >= 4 is 17.3 Å². The van der Waals surface area contributed by atoms with E-state index in [1.807, 2.05) is 19.9 Å². The third kappa shape index (κ3) is 3.91. The Bertz CT molecular complexity index is 473. The van der Waals surface area contributed by atoms with Gasteiger partial charge in [-0.05, 0) is 19.4 Å². The number of alkyl halides is 1. The van der Waals surface area contributed by atoms with Crippen LogP contribution in [0.25, 0.3) is 0 Å². The highest BCUT2D eigenvalue weighted by Gasteiger charge is 2.24. The summed E-state index contributed by atoms with van der Waals surface area (Å²) in [6.07, 6.45) is 0.375. The predicted molar refractivity (Wildman–Crippen MR) is 78.1 cm³/mol. The Morgan fingerprint density at radius 2 is 2.10 bits per heavy atom. The van der Waals surface area contributed by atoms with Gasteiger partial charge < -0.3 is 4.74 Å². The molecule has 0 amide bonds. The summed E-state index contributed by atoms with van der Waals surface area (Å²) in [6.45, 7) is 6.42. The van der Waals surface area contributed by atoms with Crippen molar-refractivity contribution in [2.45, 2.75) is 31.4 Å². The van der Waals surface area contributed by atoms with Crippen molar-refractivity contribution in [2.75, 3.05) is 19.6 Å². The molecule has 20 heavy (non-hydrogen) atoms. The van der Waals surface area contributed by atoms with Crippen LogP contribution in [0.5, 0.6) is 0 Å². The molecule has 1 fully saturated rings. The van der Waals surface area contributed by atoms with Crippen LogP contribution in [-0.4, -0.2) is 41.7 Å². The van der Waals surface area contributed by atoms with Crippen LogP contribution in [0.4, 0.5) is 5.69 Å². The molecule has 2 rings (SSSR count). The molecule has 0 aliphatic carbocycles. The van der Waals surface area contributed by atoms with Gasteiger partial charge in [0.1, 0.15) is 0 Å². The highest BCUT2D eigenvalue weighted by molar-refractivity contribution is 6.21. The molecule has 6 heteroatoms. The molecular weight excluding hydrogens is 280 g/mol. The normalized spacial score (nSPS) is 25.4. The molecule has 1 saturated heterocycles. The minimum atomic E-state index is -0.397. The molecule has 0 N–H and O–H groups in total. The summed E-state index contributed by atoms with van der Waals surface area (Å²) in [5, 5.41) is 10.5. The lowest BCUT2D eigenvalue weighted by Crippen LogP contribution is -2.46. The number of halogens is 1. The first-order valence-electron chi connectivity index (χ1n) is 6.72. The Balaban J connectivity index is 2.02. The van der Waals surface area contributed by atoms with Crippen LogP contribution in [0, 0.1) is 10.1 Å². The molecule has 0 radical (unpaired) electrons. The predicted octanol–water partition coefficient (Wildman–Crippen LogP) is 2.98. The average molecular weight is 299 g/mol. The van der Waals surface area contributed by atoms with Gasteiger partial charge >= 0.3 is 0 Å². The average Bonchev–Trinajstić information content (AvgIpc) is 2.37. The van der Waals surface area contributed by atoms with E-state index in [-0.39, 0.29) is 23.3 Å². The molecule has 1 aromatic rings.